The number of hydrogen-bond acceptors (Lipinski definition) is 4. The molecule has 0 aliphatic rings. The van der Waals surface area contributed by atoms with Gasteiger partial charge in [-0.3, -0.25) is 0 Å². The van der Waals surface area contributed by atoms with Gasteiger partial charge in [-0.2, -0.15) is 5.10 Å². The van der Waals surface area contributed by atoms with Crippen LogP contribution in [0, 0.1) is 6.92 Å². The third kappa shape index (κ3) is 3.22. The minimum Gasteiger partial charge on any atom is -0.497 e. The van der Waals surface area contributed by atoms with Crippen LogP contribution in [0.3, 0.4) is 0 Å². The van der Waals surface area contributed by atoms with Gasteiger partial charge in [0, 0.05) is 16.1 Å². The minimum absolute atomic E-state index is 0.699. The van der Waals surface area contributed by atoms with Crippen molar-refractivity contribution >= 4 is 15.9 Å². The second-order valence-electron chi connectivity index (χ2n) is 4.97. The Hall–Kier alpha value is -2.34. The standard InChI is InChI=1S/C17H16BrN3O2/c1-11-19-17(12-8-15(22-2)10-16(9-12)23-3)21(20-11)14-6-4-13(18)5-7-14/h4-10H,1-3H3. The van der Waals surface area contributed by atoms with Crippen LogP contribution in [0.5, 0.6) is 11.5 Å². The molecule has 0 bridgehead atoms. The molecule has 0 atom stereocenters. The number of aromatic nitrogens is 3. The van der Waals surface area contributed by atoms with Crippen molar-refractivity contribution in [2.24, 2.45) is 0 Å². The number of hydrogen-bond donors (Lipinski definition) is 0. The Morgan fingerprint density at radius 1 is 0.957 bits per heavy atom. The molecule has 118 valence electrons. The summed E-state index contributed by atoms with van der Waals surface area (Å²) in [7, 11) is 3.26. The lowest BCUT2D eigenvalue weighted by molar-refractivity contribution is 0.394. The Bertz CT molecular complexity index is 806. The monoisotopic (exact) mass is 373 g/mol. The predicted molar refractivity (Wildman–Crippen MR) is 92.3 cm³/mol. The second kappa shape index (κ2) is 6.42. The maximum absolute atomic E-state index is 5.34. The van der Waals surface area contributed by atoms with E-state index in [9.17, 15) is 0 Å². The van der Waals surface area contributed by atoms with Crippen molar-refractivity contribution in [1.29, 1.82) is 0 Å². The number of nitrogens with zero attached hydrogens (tertiary/aromatic N) is 3. The van der Waals surface area contributed by atoms with E-state index < -0.39 is 0 Å². The van der Waals surface area contributed by atoms with Crippen LogP contribution in [0.2, 0.25) is 0 Å². The van der Waals surface area contributed by atoms with Crippen LogP contribution >= 0.6 is 15.9 Å². The molecule has 0 aliphatic heterocycles. The molecule has 5 nitrogen and oxygen atoms in total. The minimum atomic E-state index is 0.699. The SMILES string of the molecule is COc1cc(OC)cc(-c2nc(C)nn2-c2ccc(Br)cc2)c1. The van der Waals surface area contributed by atoms with Gasteiger partial charge < -0.3 is 9.47 Å². The Labute approximate surface area is 143 Å². The molecular formula is C17H16BrN3O2. The molecule has 0 amide bonds. The number of benzene rings is 2. The summed E-state index contributed by atoms with van der Waals surface area (Å²) in [6.07, 6.45) is 0. The summed E-state index contributed by atoms with van der Waals surface area (Å²) in [4.78, 5) is 4.56. The van der Waals surface area contributed by atoms with E-state index in [0.717, 1.165) is 21.5 Å². The lowest BCUT2D eigenvalue weighted by Crippen LogP contribution is -2.00. The molecule has 3 aromatic rings. The molecule has 1 heterocycles. The van der Waals surface area contributed by atoms with Crippen LogP contribution in [0.15, 0.2) is 46.9 Å². The van der Waals surface area contributed by atoms with E-state index in [1.807, 2.05) is 54.1 Å². The number of halogens is 1. The fourth-order valence-electron chi connectivity index (χ4n) is 2.30. The third-order valence-electron chi connectivity index (χ3n) is 3.39. The third-order valence-corrected chi connectivity index (χ3v) is 3.92. The molecule has 0 radical (unpaired) electrons. The van der Waals surface area contributed by atoms with Gasteiger partial charge in [0.05, 0.1) is 19.9 Å². The molecule has 0 N–H and O–H groups in total. The lowest BCUT2D eigenvalue weighted by Gasteiger charge is -2.10. The largest absolute Gasteiger partial charge is 0.497 e. The number of aryl methyl sites for hydroxylation is 1. The molecule has 0 aliphatic carbocycles. The van der Waals surface area contributed by atoms with Gasteiger partial charge in [0.25, 0.3) is 0 Å². The Morgan fingerprint density at radius 3 is 2.13 bits per heavy atom. The highest BCUT2D eigenvalue weighted by atomic mass is 79.9. The Kier molecular flexibility index (Phi) is 4.34. The van der Waals surface area contributed by atoms with Gasteiger partial charge in [-0.1, -0.05) is 15.9 Å². The number of rotatable bonds is 4. The first kappa shape index (κ1) is 15.6. The van der Waals surface area contributed by atoms with Crippen molar-refractivity contribution in [2.75, 3.05) is 14.2 Å². The highest BCUT2D eigenvalue weighted by Gasteiger charge is 2.14. The first-order valence-corrected chi connectivity index (χ1v) is 7.83. The van der Waals surface area contributed by atoms with E-state index >= 15 is 0 Å². The summed E-state index contributed by atoms with van der Waals surface area (Å²) in [5.41, 5.74) is 1.82. The maximum atomic E-state index is 5.34. The number of methoxy groups -OCH3 is 2. The van der Waals surface area contributed by atoms with E-state index in [1.165, 1.54) is 0 Å². The predicted octanol–water partition coefficient (Wildman–Crippen LogP) is 4.02. The summed E-state index contributed by atoms with van der Waals surface area (Å²) in [6, 6.07) is 13.6. The topological polar surface area (TPSA) is 49.2 Å². The fraction of sp³-hybridized carbons (Fsp3) is 0.176. The smallest absolute Gasteiger partial charge is 0.163 e. The summed E-state index contributed by atoms with van der Waals surface area (Å²) in [6.45, 7) is 1.87. The van der Waals surface area contributed by atoms with Crippen molar-refractivity contribution in [3.63, 3.8) is 0 Å². The summed E-state index contributed by atoms with van der Waals surface area (Å²) >= 11 is 3.45. The molecule has 23 heavy (non-hydrogen) atoms. The molecule has 6 heteroatoms. The molecule has 0 spiro atoms. The van der Waals surface area contributed by atoms with E-state index in [-0.39, 0.29) is 0 Å². The number of ether oxygens (including phenoxy) is 2. The molecule has 0 unspecified atom stereocenters. The zero-order valence-corrected chi connectivity index (χ0v) is 14.7. The second-order valence-corrected chi connectivity index (χ2v) is 5.89. The van der Waals surface area contributed by atoms with Crippen LogP contribution in [-0.2, 0) is 0 Å². The molecule has 0 fully saturated rings. The van der Waals surface area contributed by atoms with Gasteiger partial charge in [0.15, 0.2) is 5.82 Å². The van der Waals surface area contributed by atoms with Crippen LogP contribution in [-0.4, -0.2) is 29.0 Å². The summed E-state index contributed by atoms with van der Waals surface area (Å²) in [5, 5.41) is 4.51. The summed E-state index contributed by atoms with van der Waals surface area (Å²) in [5.74, 6) is 2.86. The molecular weight excluding hydrogens is 358 g/mol. The summed E-state index contributed by atoms with van der Waals surface area (Å²) < 4.78 is 13.5. The normalized spacial score (nSPS) is 10.6. The Morgan fingerprint density at radius 2 is 1.57 bits per heavy atom. The molecule has 1 aromatic heterocycles. The van der Waals surface area contributed by atoms with Crippen molar-refractivity contribution in [1.82, 2.24) is 14.8 Å². The van der Waals surface area contributed by atoms with Gasteiger partial charge in [0.2, 0.25) is 0 Å². The van der Waals surface area contributed by atoms with Crippen LogP contribution in [0.4, 0.5) is 0 Å². The van der Waals surface area contributed by atoms with E-state index in [0.29, 0.717) is 17.3 Å². The fourth-order valence-corrected chi connectivity index (χ4v) is 2.57. The first-order chi connectivity index (χ1) is 11.1. The van der Waals surface area contributed by atoms with Crippen LogP contribution < -0.4 is 9.47 Å². The zero-order chi connectivity index (χ0) is 16.4. The van der Waals surface area contributed by atoms with Crippen molar-refractivity contribution in [2.45, 2.75) is 6.92 Å². The van der Waals surface area contributed by atoms with Gasteiger partial charge >= 0.3 is 0 Å². The highest BCUT2D eigenvalue weighted by Crippen LogP contribution is 2.30. The highest BCUT2D eigenvalue weighted by molar-refractivity contribution is 9.10. The van der Waals surface area contributed by atoms with Gasteiger partial charge in [-0.05, 0) is 43.3 Å². The average molecular weight is 374 g/mol. The molecule has 2 aromatic carbocycles. The van der Waals surface area contributed by atoms with Gasteiger partial charge in [-0.15, -0.1) is 0 Å². The molecule has 3 rings (SSSR count). The van der Waals surface area contributed by atoms with Crippen molar-refractivity contribution in [3.8, 4) is 28.6 Å². The van der Waals surface area contributed by atoms with Gasteiger partial charge in [0.1, 0.15) is 17.3 Å². The molecule has 0 saturated heterocycles. The van der Waals surface area contributed by atoms with Crippen LogP contribution in [0.25, 0.3) is 17.1 Å². The van der Waals surface area contributed by atoms with Gasteiger partial charge in [-0.25, -0.2) is 9.67 Å². The van der Waals surface area contributed by atoms with E-state index in [1.54, 1.807) is 14.2 Å². The maximum Gasteiger partial charge on any atom is 0.163 e. The quantitative estimate of drug-likeness (QED) is 0.692. The van der Waals surface area contributed by atoms with E-state index in [4.69, 9.17) is 9.47 Å². The van der Waals surface area contributed by atoms with Crippen molar-refractivity contribution in [3.05, 3.63) is 52.8 Å². The first-order valence-electron chi connectivity index (χ1n) is 7.04. The Balaban J connectivity index is 2.15. The van der Waals surface area contributed by atoms with E-state index in [2.05, 4.69) is 26.0 Å². The van der Waals surface area contributed by atoms with Crippen LogP contribution in [0.1, 0.15) is 5.82 Å². The average Bonchev–Trinajstić information content (AvgIpc) is 2.97. The molecule has 0 saturated carbocycles. The lowest BCUT2D eigenvalue weighted by atomic mass is 10.2. The zero-order valence-electron chi connectivity index (χ0n) is 13.1. The van der Waals surface area contributed by atoms with Crippen molar-refractivity contribution < 1.29 is 9.47 Å².